The molecule has 0 aliphatic rings. The van der Waals surface area contributed by atoms with Crippen LogP contribution in [0.5, 0.6) is 0 Å². The van der Waals surface area contributed by atoms with E-state index >= 15 is 0 Å². The number of ether oxygens (including phenoxy) is 1. The molecule has 7 heteroatoms. The summed E-state index contributed by atoms with van der Waals surface area (Å²) in [6, 6.07) is 13.0. The van der Waals surface area contributed by atoms with E-state index in [9.17, 15) is 4.89 Å². The molecule has 6 nitrogen and oxygen atoms in total. The van der Waals surface area contributed by atoms with Gasteiger partial charge in [0.2, 0.25) is 0 Å². The van der Waals surface area contributed by atoms with E-state index in [-0.39, 0.29) is 19.8 Å². The van der Waals surface area contributed by atoms with Crippen molar-refractivity contribution in [2.24, 2.45) is 0 Å². The monoisotopic (exact) mass is 337 g/mol. The predicted molar refractivity (Wildman–Crippen MR) is 86.0 cm³/mol. The van der Waals surface area contributed by atoms with Crippen molar-refractivity contribution in [3.8, 4) is 0 Å². The van der Waals surface area contributed by atoms with Crippen LogP contribution in [-0.2, 0) is 40.2 Å². The fraction of sp³-hybridized carbons (Fsp3) is 0.312. The zero-order chi connectivity index (χ0) is 16.5. The average Bonchev–Trinajstić information content (AvgIpc) is 2.59. The number of hydrogen-bond donors (Lipinski definition) is 2. The third-order valence-electron chi connectivity index (χ3n) is 2.99. The molecule has 1 aromatic heterocycles. The van der Waals surface area contributed by atoms with Crippen LogP contribution in [0, 0.1) is 0 Å². The van der Waals surface area contributed by atoms with E-state index < -0.39 is 8.60 Å². The summed E-state index contributed by atoms with van der Waals surface area (Å²) in [6.07, 6.45) is 0. The van der Waals surface area contributed by atoms with Crippen LogP contribution in [0.25, 0.3) is 0 Å². The number of aliphatic hydroxyl groups is 1. The van der Waals surface area contributed by atoms with Gasteiger partial charge in [0.05, 0.1) is 37.8 Å². The van der Waals surface area contributed by atoms with Crippen LogP contribution in [0.2, 0.25) is 0 Å². The number of hydrogen-bond acceptors (Lipinski definition) is 6. The fourth-order valence-corrected chi connectivity index (χ4v) is 2.54. The second-order valence-corrected chi connectivity index (χ2v) is 5.81. The Bertz CT molecular complexity index is 611. The van der Waals surface area contributed by atoms with Crippen LogP contribution < -0.4 is 0 Å². The topological polar surface area (TPSA) is 81.0 Å². The third kappa shape index (κ3) is 6.31. The lowest BCUT2D eigenvalue weighted by molar-refractivity contribution is 0.182. The van der Waals surface area contributed by atoms with Gasteiger partial charge in [-0.1, -0.05) is 30.3 Å². The fourth-order valence-electron chi connectivity index (χ4n) is 1.96. The molecule has 0 fully saturated rings. The SMILES string of the molecule is COCc1cccc(COP(O)OCc2cccc(CO)n2)c1. The number of aliphatic hydroxyl groups excluding tert-OH is 1. The summed E-state index contributed by atoms with van der Waals surface area (Å²) in [5.41, 5.74) is 3.17. The van der Waals surface area contributed by atoms with Crippen molar-refractivity contribution >= 4 is 8.60 Å². The molecule has 124 valence electrons. The molecule has 0 radical (unpaired) electrons. The van der Waals surface area contributed by atoms with Gasteiger partial charge in [0, 0.05) is 7.11 Å². The minimum Gasteiger partial charge on any atom is -0.390 e. The highest BCUT2D eigenvalue weighted by Gasteiger charge is 2.09. The summed E-state index contributed by atoms with van der Waals surface area (Å²) in [5.74, 6) is 0. The first kappa shape index (κ1) is 17.9. The summed E-state index contributed by atoms with van der Waals surface area (Å²) in [5, 5.41) is 9.03. The zero-order valence-electron chi connectivity index (χ0n) is 12.9. The van der Waals surface area contributed by atoms with Crippen molar-refractivity contribution in [1.29, 1.82) is 0 Å². The molecular weight excluding hydrogens is 317 g/mol. The van der Waals surface area contributed by atoms with Gasteiger partial charge in [-0.2, -0.15) is 0 Å². The predicted octanol–water partition coefficient (Wildman–Crippen LogP) is 2.67. The highest BCUT2D eigenvalue weighted by Crippen LogP contribution is 2.35. The maximum Gasteiger partial charge on any atom is 0.330 e. The molecule has 0 amide bonds. The van der Waals surface area contributed by atoms with E-state index in [4.69, 9.17) is 18.9 Å². The average molecular weight is 337 g/mol. The Hall–Kier alpha value is -1.40. The summed E-state index contributed by atoms with van der Waals surface area (Å²) in [7, 11) is -0.350. The molecule has 0 spiro atoms. The molecule has 0 aliphatic heterocycles. The number of rotatable bonds is 9. The smallest absolute Gasteiger partial charge is 0.330 e. The Labute approximate surface area is 136 Å². The van der Waals surface area contributed by atoms with Gasteiger partial charge in [-0.05, 0) is 23.3 Å². The number of pyridine rings is 1. The third-order valence-corrected chi connectivity index (χ3v) is 3.69. The first-order valence-electron chi connectivity index (χ1n) is 7.08. The normalized spacial score (nSPS) is 12.3. The molecular formula is C16H20NO5P. The molecule has 23 heavy (non-hydrogen) atoms. The van der Waals surface area contributed by atoms with Crippen LogP contribution in [-0.4, -0.2) is 22.1 Å². The molecule has 0 saturated heterocycles. The van der Waals surface area contributed by atoms with E-state index in [0.717, 1.165) is 11.1 Å². The van der Waals surface area contributed by atoms with Gasteiger partial charge in [-0.25, -0.2) is 0 Å². The minimum atomic E-state index is -1.99. The number of aromatic nitrogens is 1. The van der Waals surface area contributed by atoms with E-state index in [1.165, 1.54) is 0 Å². The summed E-state index contributed by atoms with van der Waals surface area (Å²) >= 11 is 0. The van der Waals surface area contributed by atoms with Crippen molar-refractivity contribution in [1.82, 2.24) is 4.98 Å². The van der Waals surface area contributed by atoms with Crippen molar-refractivity contribution in [2.75, 3.05) is 7.11 Å². The summed E-state index contributed by atoms with van der Waals surface area (Å²) < 4.78 is 15.7. The second kappa shape index (κ2) is 9.67. The van der Waals surface area contributed by atoms with Gasteiger partial charge in [-0.3, -0.25) is 4.98 Å². The summed E-state index contributed by atoms with van der Waals surface area (Å²) in [6.45, 7) is 0.783. The van der Waals surface area contributed by atoms with Crippen molar-refractivity contribution in [3.05, 3.63) is 65.0 Å². The Balaban J connectivity index is 1.78. The maximum absolute atomic E-state index is 9.79. The standard InChI is InChI=1S/C16H20NO5P/c1-20-10-13-4-2-5-14(8-13)11-21-23(19)22-12-16-7-3-6-15(9-18)17-16/h2-8,18-19H,9-12H2,1H3. The molecule has 1 unspecified atom stereocenters. The van der Waals surface area contributed by atoms with Crippen LogP contribution in [0.1, 0.15) is 22.5 Å². The molecule has 2 aromatic rings. The molecule has 2 rings (SSSR count). The second-order valence-electron chi connectivity index (χ2n) is 4.82. The van der Waals surface area contributed by atoms with Crippen molar-refractivity contribution < 1.29 is 23.8 Å². The first-order valence-corrected chi connectivity index (χ1v) is 8.21. The molecule has 0 saturated carbocycles. The summed E-state index contributed by atoms with van der Waals surface area (Å²) in [4.78, 5) is 14.0. The van der Waals surface area contributed by atoms with E-state index in [2.05, 4.69) is 4.98 Å². The van der Waals surface area contributed by atoms with E-state index in [1.807, 2.05) is 24.3 Å². The van der Waals surface area contributed by atoms with Gasteiger partial charge in [-0.15, -0.1) is 0 Å². The highest BCUT2D eigenvalue weighted by molar-refractivity contribution is 7.40. The van der Waals surface area contributed by atoms with Crippen LogP contribution >= 0.6 is 8.60 Å². The van der Waals surface area contributed by atoms with Crippen molar-refractivity contribution in [2.45, 2.75) is 26.4 Å². The van der Waals surface area contributed by atoms with E-state index in [1.54, 1.807) is 25.3 Å². The maximum atomic E-state index is 9.79. The van der Waals surface area contributed by atoms with Crippen LogP contribution in [0.4, 0.5) is 0 Å². The van der Waals surface area contributed by atoms with Gasteiger partial charge in [0.25, 0.3) is 0 Å². The quantitative estimate of drug-likeness (QED) is 0.685. The number of benzene rings is 1. The Morgan fingerprint density at radius 2 is 1.61 bits per heavy atom. The minimum absolute atomic E-state index is 0.125. The molecule has 0 bridgehead atoms. The molecule has 1 heterocycles. The molecule has 0 aliphatic carbocycles. The lowest BCUT2D eigenvalue weighted by Crippen LogP contribution is -1.98. The van der Waals surface area contributed by atoms with E-state index in [0.29, 0.717) is 18.0 Å². The Kier molecular flexibility index (Phi) is 7.55. The first-order chi connectivity index (χ1) is 11.2. The lowest BCUT2D eigenvalue weighted by Gasteiger charge is -2.11. The highest BCUT2D eigenvalue weighted by atomic mass is 31.2. The van der Waals surface area contributed by atoms with Crippen LogP contribution in [0.3, 0.4) is 0 Å². The molecule has 1 atom stereocenters. The number of methoxy groups -OCH3 is 1. The zero-order valence-corrected chi connectivity index (χ0v) is 13.8. The van der Waals surface area contributed by atoms with Crippen molar-refractivity contribution in [3.63, 3.8) is 0 Å². The molecule has 2 N–H and O–H groups in total. The largest absolute Gasteiger partial charge is 0.390 e. The van der Waals surface area contributed by atoms with Gasteiger partial charge < -0.3 is 23.8 Å². The molecule has 1 aromatic carbocycles. The lowest BCUT2D eigenvalue weighted by atomic mass is 10.1. The van der Waals surface area contributed by atoms with Gasteiger partial charge >= 0.3 is 8.60 Å². The Morgan fingerprint density at radius 3 is 2.35 bits per heavy atom. The van der Waals surface area contributed by atoms with Gasteiger partial charge in [0.15, 0.2) is 0 Å². The van der Waals surface area contributed by atoms with Gasteiger partial charge in [0.1, 0.15) is 0 Å². The Morgan fingerprint density at radius 1 is 0.957 bits per heavy atom. The number of nitrogens with zero attached hydrogens (tertiary/aromatic N) is 1. The van der Waals surface area contributed by atoms with Crippen LogP contribution in [0.15, 0.2) is 42.5 Å².